The molecular weight excluding hydrogens is 515 g/mol. The van der Waals surface area contributed by atoms with Gasteiger partial charge in [0.1, 0.15) is 11.6 Å². The lowest BCUT2D eigenvalue weighted by Crippen LogP contribution is -2.40. The molecular formula is C31H27FN2O4S. The molecule has 0 aliphatic carbocycles. The monoisotopic (exact) mass is 542 g/mol. The minimum Gasteiger partial charge on any atom is -0.491 e. The van der Waals surface area contributed by atoms with Crippen molar-refractivity contribution in [2.45, 2.75) is 32.9 Å². The van der Waals surface area contributed by atoms with Crippen LogP contribution < -0.4 is 19.6 Å². The average Bonchev–Trinajstić information content (AvgIpc) is 3.23. The van der Waals surface area contributed by atoms with Crippen LogP contribution >= 0.6 is 11.3 Å². The lowest BCUT2D eigenvalue weighted by atomic mass is 9.93. The van der Waals surface area contributed by atoms with E-state index in [1.807, 2.05) is 68.4 Å². The summed E-state index contributed by atoms with van der Waals surface area (Å²) in [4.78, 5) is 32.6. The molecule has 0 fully saturated rings. The quantitative estimate of drug-likeness (QED) is 0.313. The van der Waals surface area contributed by atoms with Gasteiger partial charge in [0.05, 0.1) is 34.6 Å². The van der Waals surface area contributed by atoms with Crippen LogP contribution in [0.25, 0.3) is 11.8 Å². The summed E-state index contributed by atoms with van der Waals surface area (Å²) in [6, 6.07) is 21.7. The Morgan fingerprint density at radius 3 is 2.51 bits per heavy atom. The Labute approximate surface area is 229 Å². The third-order valence-corrected chi connectivity index (χ3v) is 7.07. The number of esters is 1. The van der Waals surface area contributed by atoms with Crippen molar-refractivity contribution in [1.82, 2.24) is 4.57 Å². The van der Waals surface area contributed by atoms with E-state index in [1.54, 1.807) is 25.1 Å². The first kappa shape index (κ1) is 26.3. The predicted octanol–water partition coefficient (Wildman–Crippen LogP) is 4.86. The van der Waals surface area contributed by atoms with Crippen molar-refractivity contribution >= 4 is 29.1 Å². The van der Waals surface area contributed by atoms with Gasteiger partial charge in [0.25, 0.3) is 5.56 Å². The molecule has 1 atom stereocenters. The zero-order valence-corrected chi connectivity index (χ0v) is 22.6. The lowest BCUT2D eigenvalue weighted by Gasteiger charge is -2.25. The van der Waals surface area contributed by atoms with Gasteiger partial charge in [0.2, 0.25) is 0 Å². The molecule has 4 aromatic rings. The van der Waals surface area contributed by atoms with E-state index < -0.39 is 17.8 Å². The van der Waals surface area contributed by atoms with Gasteiger partial charge >= 0.3 is 5.97 Å². The standard InChI is InChI=1S/C31H27FN2O4S/c1-4-37-30(36)26-27(21-10-6-5-7-11-21)33-31-34(28(26)22-13-15-23(32)16-14-22)29(35)25(39-31)18-20-9-8-12-24(17-20)38-19(2)3/h5-19,28H,4H2,1-3H3/b25-18-/t28-/m0/s1. The number of halogens is 1. The summed E-state index contributed by atoms with van der Waals surface area (Å²) in [6.45, 7) is 5.77. The molecule has 8 heteroatoms. The highest BCUT2D eigenvalue weighted by Gasteiger charge is 2.35. The number of nitrogens with zero attached hydrogens (tertiary/aromatic N) is 2. The van der Waals surface area contributed by atoms with E-state index in [9.17, 15) is 14.0 Å². The lowest BCUT2D eigenvalue weighted by molar-refractivity contribution is -0.138. The summed E-state index contributed by atoms with van der Waals surface area (Å²) in [5.41, 5.74) is 2.41. The second kappa shape index (κ2) is 11.2. The Bertz CT molecular complexity index is 1720. The maximum Gasteiger partial charge on any atom is 0.338 e. The minimum absolute atomic E-state index is 0.0129. The number of fused-ring (bicyclic) bond motifs is 1. The van der Waals surface area contributed by atoms with Crippen LogP contribution in [0.3, 0.4) is 0 Å². The molecule has 0 amide bonds. The van der Waals surface area contributed by atoms with Gasteiger partial charge in [0, 0.05) is 5.56 Å². The van der Waals surface area contributed by atoms with Gasteiger partial charge in [-0.05, 0) is 62.2 Å². The van der Waals surface area contributed by atoms with E-state index in [1.165, 1.54) is 28.0 Å². The molecule has 0 radical (unpaired) electrons. The van der Waals surface area contributed by atoms with Gasteiger partial charge in [-0.1, -0.05) is 65.9 Å². The second-order valence-electron chi connectivity index (χ2n) is 9.22. The smallest absolute Gasteiger partial charge is 0.338 e. The highest BCUT2D eigenvalue weighted by Crippen LogP contribution is 2.35. The molecule has 2 heterocycles. The summed E-state index contributed by atoms with van der Waals surface area (Å²) in [7, 11) is 0. The third kappa shape index (κ3) is 5.47. The fraction of sp³-hybridized carbons (Fsp3) is 0.194. The molecule has 0 saturated carbocycles. The van der Waals surface area contributed by atoms with Crippen LogP contribution in [-0.4, -0.2) is 23.2 Å². The number of aromatic nitrogens is 1. The van der Waals surface area contributed by atoms with Gasteiger partial charge in [0.15, 0.2) is 4.80 Å². The number of thiazole rings is 1. The first-order valence-corrected chi connectivity index (χ1v) is 13.5. The van der Waals surface area contributed by atoms with Crippen LogP contribution in [0.1, 0.15) is 43.5 Å². The van der Waals surface area contributed by atoms with Crippen molar-refractivity contribution in [2.24, 2.45) is 4.99 Å². The molecule has 1 aliphatic rings. The van der Waals surface area contributed by atoms with E-state index in [0.29, 0.717) is 31.9 Å². The molecule has 0 N–H and O–H groups in total. The second-order valence-corrected chi connectivity index (χ2v) is 10.2. The maximum atomic E-state index is 13.9. The molecule has 5 rings (SSSR count). The highest BCUT2D eigenvalue weighted by atomic mass is 32.1. The number of benzene rings is 3. The SMILES string of the molecule is CCOC(=O)C1=C(c2ccccc2)N=c2s/c(=C\c3cccc(OC(C)C)c3)c(=O)n2[C@H]1c1ccc(F)cc1. The zero-order valence-electron chi connectivity index (χ0n) is 21.8. The number of hydrogen-bond acceptors (Lipinski definition) is 6. The molecule has 3 aromatic carbocycles. The van der Waals surface area contributed by atoms with Crippen molar-refractivity contribution in [3.8, 4) is 5.75 Å². The summed E-state index contributed by atoms with van der Waals surface area (Å²) < 4.78 is 27.1. The highest BCUT2D eigenvalue weighted by molar-refractivity contribution is 7.07. The maximum absolute atomic E-state index is 13.9. The number of ether oxygens (including phenoxy) is 2. The van der Waals surface area contributed by atoms with Gasteiger partial charge in [-0.15, -0.1) is 0 Å². The summed E-state index contributed by atoms with van der Waals surface area (Å²) in [6.07, 6.45) is 1.80. The first-order valence-electron chi connectivity index (χ1n) is 12.7. The van der Waals surface area contributed by atoms with E-state index in [0.717, 1.165) is 5.56 Å². The van der Waals surface area contributed by atoms with Crippen LogP contribution in [-0.2, 0) is 9.53 Å². The van der Waals surface area contributed by atoms with E-state index >= 15 is 0 Å². The molecule has 0 unspecified atom stereocenters. The van der Waals surface area contributed by atoms with Gasteiger partial charge in [-0.3, -0.25) is 9.36 Å². The van der Waals surface area contributed by atoms with Crippen LogP contribution in [0.4, 0.5) is 4.39 Å². The zero-order chi connectivity index (χ0) is 27.5. The molecule has 0 spiro atoms. The minimum atomic E-state index is -0.853. The van der Waals surface area contributed by atoms with Crippen molar-refractivity contribution in [3.05, 3.63) is 127 Å². The van der Waals surface area contributed by atoms with E-state index in [4.69, 9.17) is 14.5 Å². The normalized spacial score (nSPS) is 15.2. The Morgan fingerprint density at radius 2 is 1.82 bits per heavy atom. The fourth-order valence-electron chi connectivity index (χ4n) is 4.50. The molecule has 6 nitrogen and oxygen atoms in total. The van der Waals surface area contributed by atoms with Crippen molar-refractivity contribution in [2.75, 3.05) is 6.61 Å². The molecule has 1 aliphatic heterocycles. The van der Waals surface area contributed by atoms with E-state index in [-0.39, 0.29) is 23.8 Å². The van der Waals surface area contributed by atoms with Gasteiger partial charge in [-0.25, -0.2) is 14.2 Å². The number of carbonyl (C=O) groups is 1. The van der Waals surface area contributed by atoms with Crippen LogP contribution in [0.15, 0.2) is 94.2 Å². The number of rotatable bonds is 7. The van der Waals surface area contributed by atoms with E-state index in [2.05, 4.69) is 0 Å². The molecule has 0 bridgehead atoms. The number of carbonyl (C=O) groups excluding carboxylic acids is 1. The molecule has 1 aromatic heterocycles. The summed E-state index contributed by atoms with van der Waals surface area (Å²) in [5.74, 6) is -0.298. The number of hydrogen-bond donors (Lipinski definition) is 0. The van der Waals surface area contributed by atoms with Crippen LogP contribution in [0.5, 0.6) is 5.75 Å². The fourth-order valence-corrected chi connectivity index (χ4v) is 5.50. The van der Waals surface area contributed by atoms with Crippen molar-refractivity contribution < 1.29 is 18.7 Å². The average molecular weight is 543 g/mol. The van der Waals surface area contributed by atoms with Gasteiger partial charge in [-0.2, -0.15) is 0 Å². The van der Waals surface area contributed by atoms with Crippen LogP contribution in [0, 0.1) is 5.82 Å². The molecule has 198 valence electrons. The predicted molar refractivity (Wildman–Crippen MR) is 150 cm³/mol. The molecule has 0 saturated heterocycles. The van der Waals surface area contributed by atoms with Gasteiger partial charge < -0.3 is 9.47 Å². The largest absolute Gasteiger partial charge is 0.491 e. The first-order chi connectivity index (χ1) is 18.9. The Kier molecular flexibility index (Phi) is 7.56. The topological polar surface area (TPSA) is 69.9 Å². The van der Waals surface area contributed by atoms with Crippen LogP contribution in [0.2, 0.25) is 0 Å². The summed E-state index contributed by atoms with van der Waals surface area (Å²) in [5, 5.41) is 0. The Balaban J connectivity index is 1.77. The Morgan fingerprint density at radius 1 is 1.08 bits per heavy atom. The third-order valence-electron chi connectivity index (χ3n) is 6.09. The molecule has 39 heavy (non-hydrogen) atoms. The van der Waals surface area contributed by atoms with Crippen molar-refractivity contribution in [3.63, 3.8) is 0 Å². The Hall–Kier alpha value is -4.30. The van der Waals surface area contributed by atoms with Crippen molar-refractivity contribution in [1.29, 1.82) is 0 Å². The summed E-state index contributed by atoms with van der Waals surface area (Å²) >= 11 is 1.23.